The first-order valence-electron chi connectivity index (χ1n) is 4.06. The van der Waals surface area contributed by atoms with Crippen molar-refractivity contribution in [2.75, 3.05) is 13.1 Å². The third-order valence-corrected chi connectivity index (χ3v) is 2.32. The van der Waals surface area contributed by atoms with E-state index in [1.54, 1.807) is 0 Å². The van der Waals surface area contributed by atoms with Crippen molar-refractivity contribution in [2.45, 2.75) is 11.7 Å². The Morgan fingerprint density at radius 1 is 1.50 bits per heavy atom. The van der Waals surface area contributed by atoms with Gasteiger partial charge >= 0.3 is 0 Å². The van der Waals surface area contributed by atoms with Crippen LogP contribution in [-0.2, 0) is 0 Å². The molecule has 1 saturated heterocycles. The fourth-order valence-electron chi connectivity index (χ4n) is 1.50. The van der Waals surface area contributed by atoms with Gasteiger partial charge in [-0.15, -0.1) is 0 Å². The van der Waals surface area contributed by atoms with Crippen LogP contribution in [0.5, 0.6) is 0 Å². The first-order chi connectivity index (χ1) is 5.67. The first-order valence-corrected chi connectivity index (χ1v) is 4.51. The molecule has 0 saturated carbocycles. The summed E-state index contributed by atoms with van der Waals surface area (Å²) < 4.78 is -0.195. The smallest absolute Gasteiger partial charge is 0.0638 e. The predicted octanol–water partition coefficient (Wildman–Crippen LogP) is 1.17. The number of aliphatic imine (C=N–C) groups is 1. The van der Waals surface area contributed by atoms with Gasteiger partial charge in [-0.05, 0) is 18.1 Å². The molecule has 0 spiro atoms. The third kappa shape index (κ3) is 1.47. The number of nitrogens with one attached hydrogen (secondary N) is 1. The van der Waals surface area contributed by atoms with E-state index in [-0.39, 0.29) is 4.75 Å². The topological polar surface area (TPSA) is 24.4 Å². The van der Waals surface area contributed by atoms with E-state index in [9.17, 15) is 0 Å². The Morgan fingerprint density at radius 2 is 2.25 bits per heavy atom. The van der Waals surface area contributed by atoms with Gasteiger partial charge in [0.15, 0.2) is 0 Å². The minimum absolute atomic E-state index is 0.195. The van der Waals surface area contributed by atoms with Gasteiger partial charge in [-0.3, -0.25) is 4.99 Å². The van der Waals surface area contributed by atoms with Crippen LogP contribution in [-0.4, -0.2) is 24.1 Å². The van der Waals surface area contributed by atoms with Gasteiger partial charge in [-0.1, -0.05) is 6.08 Å². The Balaban J connectivity index is 2.40. The average Bonchev–Trinajstić information content (AvgIpc) is 2.31. The van der Waals surface area contributed by atoms with Gasteiger partial charge in [-0.2, -0.15) is 12.6 Å². The molecule has 0 aromatic carbocycles. The summed E-state index contributed by atoms with van der Waals surface area (Å²) in [6.45, 7) is 3.93. The van der Waals surface area contributed by atoms with E-state index in [0.717, 1.165) is 13.1 Å². The van der Waals surface area contributed by atoms with Crippen LogP contribution in [0.1, 0.15) is 6.92 Å². The van der Waals surface area contributed by atoms with Gasteiger partial charge in [0, 0.05) is 25.5 Å². The molecule has 2 nitrogen and oxygen atoms in total. The average molecular weight is 180 g/mol. The normalized spacial score (nSPS) is 33.8. The van der Waals surface area contributed by atoms with E-state index >= 15 is 0 Å². The molecule has 3 heteroatoms. The monoisotopic (exact) mass is 180 g/mol. The zero-order chi connectivity index (χ0) is 8.60. The van der Waals surface area contributed by atoms with Crippen molar-refractivity contribution in [2.24, 2.45) is 4.99 Å². The quantitative estimate of drug-likeness (QED) is 0.537. The number of nitrogens with zero attached hydrogens (tertiary/aromatic N) is 1. The van der Waals surface area contributed by atoms with E-state index in [0.29, 0.717) is 0 Å². The molecule has 1 fully saturated rings. The second-order valence-electron chi connectivity index (χ2n) is 3.43. The minimum atomic E-state index is -0.195. The van der Waals surface area contributed by atoms with Gasteiger partial charge in [0.2, 0.25) is 0 Å². The van der Waals surface area contributed by atoms with Crippen molar-refractivity contribution in [1.29, 1.82) is 0 Å². The molecule has 0 aliphatic carbocycles. The van der Waals surface area contributed by atoms with Gasteiger partial charge in [0.1, 0.15) is 0 Å². The summed E-state index contributed by atoms with van der Waals surface area (Å²) in [5, 5.41) is 3.29. The summed E-state index contributed by atoms with van der Waals surface area (Å²) in [5.41, 5.74) is 2.63. The molecule has 0 aromatic rings. The van der Waals surface area contributed by atoms with Crippen LogP contribution in [0, 0.1) is 0 Å². The Kier molecular flexibility index (Phi) is 1.85. The van der Waals surface area contributed by atoms with E-state index in [1.807, 2.05) is 19.3 Å². The van der Waals surface area contributed by atoms with Crippen LogP contribution in [0.25, 0.3) is 0 Å². The van der Waals surface area contributed by atoms with E-state index < -0.39 is 0 Å². The van der Waals surface area contributed by atoms with Crippen molar-refractivity contribution < 1.29 is 0 Å². The van der Waals surface area contributed by atoms with Crippen molar-refractivity contribution >= 4 is 18.8 Å². The van der Waals surface area contributed by atoms with Crippen molar-refractivity contribution in [3.8, 4) is 0 Å². The SMILES string of the molecule is CC1(S)C=NC=C2CNCC2=C1. The van der Waals surface area contributed by atoms with Crippen LogP contribution in [0.4, 0.5) is 0 Å². The largest absolute Gasteiger partial charge is 0.309 e. The Bertz CT molecular complexity index is 287. The molecule has 1 atom stereocenters. The highest BCUT2D eigenvalue weighted by molar-refractivity contribution is 7.82. The minimum Gasteiger partial charge on any atom is -0.309 e. The summed E-state index contributed by atoms with van der Waals surface area (Å²) in [7, 11) is 0. The van der Waals surface area contributed by atoms with E-state index in [4.69, 9.17) is 0 Å². The molecule has 0 amide bonds. The highest BCUT2D eigenvalue weighted by Crippen LogP contribution is 2.24. The number of fused-ring (bicyclic) bond motifs is 1. The molecule has 12 heavy (non-hydrogen) atoms. The Hall–Kier alpha value is -0.540. The predicted molar refractivity (Wildman–Crippen MR) is 54.9 cm³/mol. The molecule has 1 N–H and O–H groups in total. The maximum Gasteiger partial charge on any atom is 0.0638 e. The molecule has 2 rings (SSSR count). The molecule has 64 valence electrons. The van der Waals surface area contributed by atoms with Crippen LogP contribution in [0.15, 0.2) is 28.4 Å². The fourth-order valence-corrected chi connectivity index (χ4v) is 1.72. The van der Waals surface area contributed by atoms with Crippen LogP contribution in [0.2, 0.25) is 0 Å². The van der Waals surface area contributed by atoms with Crippen molar-refractivity contribution in [3.63, 3.8) is 0 Å². The Morgan fingerprint density at radius 3 is 3.08 bits per heavy atom. The summed E-state index contributed by atoms with van der Waals surface area (Å²) in [6, 6.07) is 0. The second kappa shape index (κ2) is 2.75. The number of hydrogen-bond donors (Lipinski definition) is 2. The zero-order valence-electron chi connectivity index (χ0n) is 7.04. The molecule has 2 heterocycles. The summed E-state index contributed by atoms with van der Waals surface area (Å²) in [4.78, 5) is 4.21. The second-order valence-corrected chi connectivity index (χ2v) is 4.40. The van der Waals surface area contributed by atoms with Gasteiger partial charge in [0.05, 0.1) is 4.75 Å². The maximum absolute atomic E-state index is 4.48. The lowest BCUT2D eigenvalue weighted by atomic mass is 10.1. The fraction of sp³-hybridized carbons (Fsp3) is 0.444. The summed E-state index contributed by atoms with van der Waals surface area (Å²) in [5.74, 6) is 0. The van der Waals surface area contributed by atoms with Crippen LogP contribution < -0.4 is 5.32 Å². The number of rotatable bonds is 0. The lowest BCUT2D eigenvalue weighted by molar-refractivity contribution is 0.890. The molecular weight excluding hydrogens is 168 g/mol. The van der Waals surface area contributed by atoms with E-state index in [2.05, 4.69) is 29.0 Å². The lowest BCUT2D eigenvalue weighted by Gasteiger charge is -2.11. The van der Waals surface area contributed by atoms with Gasteiger partial charge in [0.25, 0.3) is 0 Å². The zero-order valence-corrected chi connectivity index (χ0v) is 7.94. The first kappa shape index (κ1) is 8.08. The highest BCUT2D eigenvalue weighted by atomic mass is 32.1. The third-order valence-electron chi connectivity index (χ3n) is 2.08. The Labute approximate surface area is 77.9 Å². The van der Waals surface area contributed by atoms with E-state index in [1.165, 1.54) is 11.1 Å². The van der Waals surface area contributed by atoms with Crippen LogP contribution >= 0.6 is 12.6 Å². The molecule has 2 aliphatic rings. The van der Waals surface area contributed by atoms with Gasteiger partial charge < -0.3 is 5.32 Å². The summed E-state index contributed by atoms with van der Waals surface area (Å²) >= 11 is 4.48. The summed E-state index contributed by atoms with van der Waals surface area (Å²) in [6.07, 6.45) is 5.96. The van der Waals surface area contributed by atoms with Crippen molar-refractivity contribution in [1.82, 2.24) is 5.32 Å². The number of thiol groups is 1. The van der Waals surface area contributed by atoms with Gasteiger partial charge in [-0.25, -0.2) is 0 Å². The standard InChI is InChI=1S/C9H12N2S/c1-9(12)2-7-3-10-4-8(7)5-11-6-9/h2,5-6,10,12H,3-4H2,1H3. The van der Waals surface area contributed by atoms with Crippen LogP contribution in [0.3, 0.4) is 0 Å². The molecular formula is C9H12N2S. The maximum atomic E-state index is 4.48. The lowest BCUT2D eigenvalue weighted by Crippen LogP contribution is -2.15. The van der Waals surface area contributed by atoms with Crippen molar-refractivity contribution in [3.05, 3.63) is 23.4 Å². The number of hydrogen-bond acceptors (Lipinski definition) is 3. The molecule has 1 unspecified atom stereocenters. The molecule has 0 aromatic heterocycles. The highest BCUT2D eigenvalue weighted by Gasteiger charge is 2.21. The molecule has 0 bridgehead atoms. The molecule has 2 aliphatic heterocycles. The molecule has 0 radical (unpaired) electrons.